The molecule has 5 unspecified atom stereocenters. The zero-order chi connectivity index (χ0) is 71.0. The van der Waals surface area contributed by atoms with Crippen LogP contribution in [0.15, 0.2) is 0 Å². The zero-order valence-corrected chi connectivity index (χ0v) is 64.8. The highest BCUT2D eigenvalue weighted by atomic mass is 31.2. The molecule has 0 saturated heterocycles. The van der Waals surface area contributed by atoms with Gasteiger partial charge in [-0.25, -0.2) is 9.13 Å². The van der Waals surface area contributed by atoms with Gasteiger partial charge in [-0.2, -0.15) is 0 Å². The first-order valence-corrected chi connectivity index (χ1v) is 42.8. The number of ether oxygens (including phenoxy) is 4. The van der Waals surface area contributed by atoms with E-state index in [0.717, 1.165) is 114 Å². The molecule has 0 heterocycles. The third-order valence-corrected chi connectivity index (χ3v) is 20.4. The summed E-state index contributed by atoms with van der Waals surface area (Å²) in [4.78, 5) is 72.9. The van der Waals surface area contributed by atoms with Crippen LogP contribution in [-0.4, -0.2) is 96.7 Å². The topological polar surface area (TPSA) is 237 Å². The van der Waals surface area contributed by atoms with Crippen LogP contribution in [0, 0.1) is 23.7 Å². The van der Waals surface area contributed by atoms with Crippen molar-refractivity contribution in [1.29, 1.82) is 0 Å². The molecule has 3 N–H and O–H groups in total. The monoisotopic (exact) mass is 1410 g/mol. The molecule has 0 radical (unpaired) electrons. The quantitative estimate of drug-likeness (QED) is 0.0222. The summed E-state index contributed by atoms with van der Waals surface area (Å²) >= 11 is 0. The van der Waals surface area contributed by atoms with E-state index in [1.165, 1.54) is 186 Å². The lowest BCUT2D eigenvalue weighted by molar-refractivity contribution is -0.161. The summed E-state index contributed by atoms with van der Waals surface area (Å²) < 4.78 is 68.6. The second-order valence-corrected chi connectivity index (χ2v) is 32.1. The maximum Gasteiger partial charge on any atom is 0.472 e. The standard InChI is InChI=1S/C77H150O17P2/c1-9-69(7)55-47-39-31-23-17-13-11-12-14-18-26-34-43-51-59-76(81)93-72(63-87-74(79)57-49-41-33-25-19-15-16-22-29-37-45-53-67(3)4)65-91-95(83,84)89-61-71(78)62-90-96(85,86)92-66-73(64-88-75(80)58-50-42-36-28-30-38-46-54-68(5)6)94-77(82)60-52-44-35-27-21-20-24-32-40-48-56-70(8)10-2/h67-73,78H,9-66H2,1-8H3,(H,83,84)(H,85,86)/t69?,70?,71?,72-,73-/m1/s1. The van der Waals surface area contributed by atoms with Crippen molar-refractivity contribution in [3.63, 3.8) is 0 Å². The van der Waals surface area contributed by atoms with Gasteiger partial charge in [0.25, 0.3) is 0 Å². The Bertz CT molecular complexity index is 1890. The largest absolute Gasteiger partial charge is 0.472 e. The molecule has 17 nitrogen and oxygen atoms in total. The first-order valence-electron chi connectivity index (χ1n) is 39.8. The highest BCUT2D eigenvalue weighted by Gasteiger charge is 2.30. The van der Waals surface area contributed by atoms with Crippen LogP contribution in [0.5, 0.6) is 0 Å². The normalized spacial score (nSPS) is 14.7. The van der Waals surface area contributed by atoms with Crippen LogP contribution in [-0.2, 0) is 65.4 Å². The highest BCUT2D eigenvalue weighted by molar-refractivity contribution is 7.47. The van der Waals surface area contributed by atoms with Gasteiger partial charge in [-0.3, -0.25) is 37.3 Å². The molecule has 0 aromatic rings. The third kappa shape index (κ3) is 67.9. The van der Waals surface area contributed by atoms with Crippen molar-refractivity contribution < 1.29 is 80.2 Å². The van der Waals surface area contributed by atoms with Crippen LogP contribution in [0.4, 0.5) is 0 Å². The third-order valence-electron chi connectivity index (χ3n) is 18.5. The summed E-state index contributed by atoms with van der Waals surface area (Å²) in [5, 5.41) is 10.6. The minimum absolute atomic E-state index is 0.105. The van der Waals surface area contributed by atoms with E-state index in [-0.39, 0.29) is 25.7 Å². The maximum absolute atomic E-state index is 13.1. The van der Waals surface area contributed by atoms with Gasteiger partial charge in [0.15, 0.2) is 12.2 Å². The molecule has 19 heteroatoms. The van der Waals surface area contributed by atoms with E-state index >= 15 is 0 Å². The predicted octanol–water partition coefficient (Wildman–Crippen LogP) is 22.4. The van der Waals surface area contributed by atoms with E-state index in [2.05, 4.69) is 55.4 Å². The van der Waals surface area contributed by atoms with E-state index in [9.17, 15) is 43.2 Å². The molecule has 0 aliphatic carbocycles. The molecule has 570 valence electrons. The fourth-order valence-corrected chi connectivity index (χ4v) is 13.2. The number of carbonyl (C=O) groups excluding carboxylic acids is 4. The van der Waals surface area contributed by atoms with Gasteiger partial charge in [-0.1, -0.05) is 338 Å². The number of esters is 4. The summed E-state index contributed by atoms with van der Waals surface area (Å²) in [6, 6.07) is 0. The number of aliphatic hydroxyl groups is 1. The van der Waals surface area contributed by atoms with Gasteiger partial charge in [0, 0.05) is 25.7 Å². The molecule has 0 aromatic heterocycles. The Kier molecular flexibility index (Phi) is 65.0. The first-order chi connectivity index (χ1) is 46.2. The lowest BCUT2D eigenvalue weighted by Gasteiger charge is -2.21. The SMILES string of the molecule is CCC(C)CCCCCCCCCCCCCCCCC(=O)O[C@H](COC(=O)CCCCCCCCCCCCCC(C)C)COP(=O)(O)OCC(O)COP(=O)(O)OC[C@@H](COC(=O)CCCCCCCCCC(C)C)OC(=O)CCCCCCCCCCCCC(C)CC. The number of rotatable bonds is 74. The summed E-state index contributed by atoms with van der Waals surface area (Å²) in [6.07, 6.45) is 51.2. The van der Waals surface area contributed by atoms with Crippen molar-refractivity contribution in [3.8, 4) is 0 Å². The van der Waals surface area contributed by atoms with Gasteiger partial charge in [0.1, 0.15) is 19.3 Å². The van der Waals surface area contributed by atoms with Crippen LogP contribution in [0.1, 0.15) is 389 Å². The second-order valence-electron chi connectivity index (χ2n) is 29.2. The van der Waals surface area contributed by atoms with Crippen LogP contribution < -0.4 is 0 Å². The van der Waals surface area contributed by atoms with Gasteiger partial charge in [-0.05, 0) is 49.4 Å². The zero-order valence-electron chi connectivity index (χ0n) is 63.0. The molecule has 0 rings (SSSR count). The van der Waals surface area contributed by atoms with Crippen molar-refractivity contribution in [1.82, 2.24) is 0 Å². The fourth-order valence-electron chi connectivity index (χ4n) is 11.7. The molecule has 0 aromatic carbocycles. The Hall–Kier alpha value is -1.94. The van der Waals surface area contributed by atoms with E-state index in [4.69, 9.17) is 37.0 Å². The molecule has 0 aliphatic heterocycles. The van der Waals surface area contributed by atoms with Crippen LogP contribution in [0.2, 0.25) is 0 Å². The number of carbonyl (C=O) groups is 4. The molecule has 0 saturated carbocycles. The smallest absolute Gasteiger partial charge is 0.462 e. The van der Waals surface area contributed by atoms with E-state index in [1.807, 2.05) is 0 Å². The average molecular weight is 1410 g/mol. The fraction of sp³-hybridized carbons (Fsp3) is 0.948. The maximum atomic E-state index is 13.1. The van der Waals surface area contributed by atoms with Gasteiger partial charge >= 0.3 is 39.5 Å². The number of unbranched alkanes of at least 4 members (excludes halogenated alkanes) is 38. The summed E-state index contributed by atoms with van der Waals surface area (Å²) in [5.74, 6) is 1.01. The van der Waals surface area contributed by atoms with E-state index in [0.29, 0.717) is 31.6 Å². The van der Waals surface area contributed by atoms with Crippen LogP contribution in [0.25, 0.3) is 0 Å². The summed E-state index contributed by atoms with van der Waals surface area (Å²) in [5.41, 5.74) is 0. The van der Waals surface area contributed by atoms with Crippen molar-refractivity contribution in [2.45, 2.75) is 408 Å². The lowest BCUT2D eigenvalue weighted by Crippen LogP contribution is -2.30. The van der Waals surface area contributed by atoms with Crippen molar-refractivity contribution in [2.24, 2.45) is 23.7 Å². The van der Waals surface area contributed by atoms with Crippen LogP contribution in [0.3, 0.4) is 0 Å². The minimum atomic E-state index is -4.96. The number of phosphoric ester groups is 2. The summed E-state index contributed by atoms with van der Waals surface area (Å²) in [7, 11) is -9.92. The van der Waals surface area contributed by atoms with Gasteiger partial charge < -0.3 is 33.8 Å². The molecular formula is C77H150O17P2. The Morgan fingerprint density at radius 1 is 0.292 bits per heavy atom. The number of hydrogen-bond donors (Lipinski definition) is 3. The Morgan fingerprint density at radius 3 is 0.740 bits per heavy atom. The van der Waals surface area contributed by atoms with Gasteiger partial charge in [0.05, 0.1) is 26.4 Å². The molecule has 0 bridgehead atoms. The van der Waals surface area contributed by atoms with Gasteiger partial charge in [0.2, 0.25) is 0 Å². The van der Waals surface area contributed by atoms with Crippen LogP contribution >= 0.6 is 15.6 Å². The highest BCUT2D eigenvalue weighted by Crippen LogP contribution is 2.45. The van der Waals surface area contributed by atoms with Crippen molar-refractivity contribution >= 4 is 39.5 Å². The molecule has 7 atom stereocenters. The van der Waals surface area contributed by atoms with Crippen molar-refractivity contribution in [3.05, 3.63) is 0 Å². The molecular weight excluding hydrogens is 1260 g/mol. The second kappa shape index (κ2) is 66.3. The Labute approximate surface area is 588 Å². The Morgan fingerprint density at radius 2 is 0.500 bits per heavy atom. The summed E-state index contributed by atoms with van der Waals surface area (Å²) in [6.45, 7) is 14.2. The number of hydrogen-bond acceptors (Lipinski definition) is 15. The predicted molar refractivity (Wildman–Crippen MR) is 391 cm³/mol. The number of phosphoric acid groups is 2. The molecule has 0 amide bonds. The minimum Gasteiger partial charge on any atom is -0.462 e. The van der Waals surface area contributed by atoms with E-state index < -0.39 is 97.5 Å². The molecule has 0 spiro atoms. The number of aliphatic hydroxyl groups excluding tert-OH is 1. The lowest BCUT2D eigenvalue weighted by atomic mass is 9.99. The van der Waals surface area contributed by atoms with E-state index in [1.54, 1.807) is 0 Å². The molecule has 96 heavy (non-hydrogen) atoms. The first kappa shape index (κ1) is 94.1. The van der Waals surface area contributed by atoms with Crippen molar-refractivity contribution in [2.75, 3.05) is 39.6 Å². The Balaban J connectivity index is 5.26. The average Bonchev–Trinajstić information content (AvgIpc) is 1.52. The molecule has 0 fully saturated rings. The van der Waals surface area contributed by atoms with Gasteiger partial charge in [-0.15, -0.1) is 0 Å². The molecule has 0 aliphatic rings.